The van der Waals surface area contributed by atoms with Gasteiger partial charge < -0.3 is 9.84 Å². The van der Waals surface area contributed by atoms with Crippen molar-refractivity contribution in [2.45, 2.75) is 12.0 Å². The number of rotatable bonds is 4. The second-order valence-electron chi connectivity index (χ2n) is 3.05. The van der Waals surface area contributed by atoms with Crippen LogP contribution in [-0.4, -0.2) is 18.1 Å². The summed E-state index contributed by atoms with van der Waals surface area (Å²) in [6.45, 7) is 2.98. The molecule has 0 aliphatic heterocycles. The minimum atomic E-state index is -3.32. The van der Waals surface area contributed by atoms with E-state index in [1.807, 2.05) is 0 Å². The molecule has 1 aromatic rings. The summed E-state index contributed by atoms with van der Waals surface area (Å²) in [6.07, 6.45) is -1.44. The van der Waals surface area contributed by atoms with E-state index in [0.29, 0.717) is 11.8 Å². The Morgan fingerprint density at radius 2 is 1.93 bits per heavy atom. The largest absolute Gasteiger partial charge is 0.497 e. The van der Waals surface area contributed by atoms with Gasteiger partial charge in [-0.05, 0) is 23.8 Å². The molecule has 82 valence electrons. The van der Waals surface area contributed by atoms with E-state index in [4.69, 9.17) is 4.74 Å². The molecule has 0 aromatic heterocycles. The molecule has 0 spiro atoms. The number of ether oxygens (including phenoxy) is 1. The van der Waals surface area contributed by atoms with E-state index in [2.05, 4.69) is 6.58 Å². The molecule has 0 heterocycles. The van der Waals surface area contributed by atoms with Gasteiger partial charge in [-0.15, -0.1) is 0 Å². The number of methoxy groups -OCH3 is 1. The van der Waals surface area contributed by atoms with Gasteiger partial charge in [-0.2, -0.15) is 8.78 Å². The van der Waals surface area contributed by atoms with Crippen LogP contribution >= 0.6 is 0 Å². The molecule has 0 amide bonds. The molecule has 4 heteroatoms. The van der Waals surface area contributed by atoms with Crippen LogP contribution in [0.5, 0.6) is 5.75 Å². The van der Waals surface area contributed by atoms with Crippen LogP contribution in [-0.2, 0) is 0 Å². The summed E-state index contributed by atoms with van der Waals surface area (Å²) in [5, 5.41) is 9.35. The molecule has 0 bridgehead atoms. The number of aliphatic hydroxyl groups is 1. The normalized spacial score (nSPS) is 13.3. The van der Waals surface area contributed by atoms with Crippen molar-refractivity contribution in [1.29, 1.82) is 0 Å². The van der Waals surface area contributed by atoms with Crippen LogP contribution in [0, 0.1) is 0 Å². The molecule has 0 radical (unpaired) electrons. The smallest absolute Gasteiger partial charge is 0.295 e. The molecular weight excluding hydrogens is 202 g/mol. The van der Waals surface area contributed by atoms with Gasteiger partial charge in [0.15, 0.2) is 0 Å². The first-order valence-corrected chi connectivity index (χ1v) is 4.34. The minimum Gasteiger partial charge on any atom is -0.497 e. The summed E-state index contributed by atoms with van der Waals surface area (Å²) < 4.78 is 30.9. The molecule has 0 aliphatic carbocycles. The van der Waals surface area contributed by atoms with Crippen molar-refractivity contribution in [2.24, 2.45) is 0 Å². The van der Waals surface area contributed by atoms with Gasteiger partial charge in [0, 0.05) is 0 Å². The average Bonchev–Trinajstić information content (AvgIpc) is 2.28. The monoisotopic (exact) mass is 214 g/mol. The standard InChI is InChI=1S/C11H12F2O2/c1-3-11(12,13)10(14)8-4-6-9(15-2)7-5-8/h3-7,10,14H,1H2,2H3. The lowest BCUT2D eigenvalue weighted by Crippen LogP contribution is -2.23. The maximum Gasteiger partial charge on any atom is 0.295 e. The third-order valence-electron chi connectivity index (χ3n) is 2.07. The van der Waals surface area contributed by atoms with Crippen molar-refractivity contribution < 1.29 is 18.6 Å². The lowest BCUT2D eigenvalue weighted by Gasteiger charge is -2.19. The van der Waals surface area contributed by atoms with Gasteiger partial charge in [-0.25, -0.2) is 0 Å². The van der Waals surface area contributed by atoms with E-state index < -0.39 is 12.0 Å². The Hall–Kier alpha value is -1.42. The molecule has 1 N–H and O–H groups in total. The van der Waals surface area contributed by atoms with Crippen LogP contribution in [0.1, 0.15) is 11.7 Å². The molecule has 2 nitrogen and oxygen atoms in total. The van der Waals surface area contributed by atoms with Gasteiger partial charge in [0.25, 0.3) is 5.92 Å². The lowest BCUT2D eigenvalue weighted by molar-refractivity contribution is -0.0712. The van der Waals surface area contributed by atoms with E-state index in [1.165, 1.54) is 31.4 Å². The van der Waals surface area contributed by atoms with Gasteiger partial charge in [0.05, 0.1) is 7.11 Å². The van der Waals surface area contributed by atoms with Gasteiger partial charge in [0.1, 0.15) is 11.9 Å². The topological polar surface area (TPSA) is 29.5 Å². The van der Waals surface area contributed by atoms with Crippen molar-refractivity contribution in [3.63, 3.8) is 0 Å². The zero-order valence-corrected chi connectivity index (χ0v) is 8.28. The van der Waals surface area contributed by atoms with Crippen LogP contribution in [0.25, 0.3) is 0 Å². The highest BCUT2D eigenvalue weighted by molar-refractivity contribution is 5.29. The number of halogens is 2. The number of hydrogen-bond donors (Lipinski definition) is 1. The van der Waals surface area contributed by atoms with E-state index in [-0.39, 0.29) is 5.56 Å². The molecule has 0 saturated heterocycles. The van der Waals surface area contributed by atoms with Crippen molar-refractivity contribution in [3.8, 4) is 5.75 Å². The molecular formula is C11H12F2O2. The fourth-order valence-electron chi connectivity index (χ4n) is 1.12. The lowest BCUT2D eigenvalue weighted by atomic mass is 10.0. The predicted octanol–water partition coefficient (Wildman–Crippen LogP) is 2.55. The fraction of sp³-hybridized carbons (Fsp3) is 0.273. The highest BCUT2D eigenvalue weighted by atomic mass is 19.3. The number of hydrogen-bond acceptors (Lipinski definition) is 2. The molecule has 0 fully saturated rings. The summed E-state index contributed by atoms with van der Waals surface area (Å²) in [7, 11) is 1.48. The summed E-state index contributed by atoms with van der Waals surface area (Å²) in [5.74, 6) is -2.78. The average molecular weight is 214 g/mol. The van der Waals surface area contributed by atoms with Gasteiger partial charge >= 0.3 is 0 Å². The first kappa shape index (κ1) is 11.7. The van der Waals surface area contributed by atoms with Crippen LogP contribution < -0.4 is 4.74 Å². The van der Waals surface area contributed by atoms with Gasteiger partial charge in [-0.1, -0.05) is 18.7 Å². The van der Waals surface area contributed by atoms with E-state index in [0.717, 1.165) is 0 Å². The van der Waals surface area contributed by atoms with Crippen molar-refractivity contribution in [2.75, 3.05) is 7.11 Å². The maximum absolute atomic E-state index is 13.0. The SMILES string of the molecule is C=CC(F)(F)C(O)c1ccc(OC)cc1. The second-order valence-corrected chi connectivity index (χ2v) is 3.05. The Balaban J connectivity index is 2.92. The Morgan fingerprint density at radius 3 is 2.33 bits per heavy atom. The molecule has 1 aromatic carbocycles. The summed E-state index contributed by atoms with van der Waals surface area (Å²) in [5.41, 5.74) is 0.126. The summed E-state index contributed by atoms with van der Waals surface area (Å²) in [6, 6.07) is 5.80. The molecule has 0 aliphatic rings. The Bertz CT molecular complexity index is 333. The molecule has 15 heavy (non-hydrogen) atoms. The first-order valence-electron chi connectivity index (χ1n) is 4.34. The highest BCUT2D eigenvalue weighted by Crippen LogP contribution is 2.32. The Kier molecular flexibility index (Phi) is 3.42. The minimum absolute atomic E-state index is 0.126. The van der Waals surface area contributed by atoms with Crippen molar-refractivity contribution in [1.82, 2.24) is 0 Å². The van der Waals surface area contributed by atoms with Crippen LogP contribution in [0.2, 0.25) is 0 Å². The van der Waals surface area contributed by atoms with E-state index >= 15 is 0 Å². The fourth-order valence-corrected chi connectivity index (χ4v) is 1.12. The van der Waals surface area contributed by atoms with Crippen LogP contribution in [0.4, 0.5) is 8.78 Å². The number of benzene rings is 1. The Morgan fingerprint density at radius 1 is 1.40 bits per heavy atom. The first-order chi connectivity index (χ1) is 7.01. The third-order valence-corrected chi connectivity index (χ3v) is 2.07. The second kappa shape index (κ2) is 4.40. The predicted molar refractivity (Wildman–Crippen MR) is 53.1 cm³/mol. The van der Waals surface area contributed by atoms with E-state index in [9.17, 15) is 13.9 Å². The van der Waals surface area contributed by atoms with Crippen LogP contribution in [0.15, 0.2) is 36.9 Å². The Labute approximate surface area is 86.8 Å². The molecule has 1 unspecified atom stereocenters. The van der Waals surface area contributed by atoms with Gasteiger partial charge in [0.2, 0.25) is 0 Å². The zero-order valence-electron chi connectivity index (χ0n) is 8.28. The van der Waals surface area contributed by atoms with Gasteiger partial charge in [-0.3, -0.25) is 0 Å². The molecule has 0 saturated carbocycles. The summed E-state index contributed by atoms with van der Waals surface area (Å²) in [4.78, 5) is 0. The molecule has 1 rings (SSSR count). The van der Waals surface area contributed by atoms with Crippen molar-refractivity contribution >= 4 is 0 Å². The summed E-state index contributed by atoms with van der Waals surface area (Å²) >= 11 is 0. The van der Waals surface area contributed by atoms with E-state index in [1.54, 1.807) is 0 Å². The quantitative estimate of drug-likeness (QED) is 0.780. The number of alkyl halides is 2. The molecule has 1 atom stereocenters. The zero-order chi connectivity index (χ0) is 11.5. The van der Waals surface area contributed by atoms with Crippen molar-refractivity contribution in [3.05, 3.63) is 42.5 Å². The van der Waals surface area contributed by atoms with Crippen LogP contribution in [0.3, 0.4) is 0 Å². The highest BCUT2D eigenvalue weighted by Gasteiger charge is 2.35. The number of aliphatic hydroxyl groups excluding tert-OH is 1. The maximum atomic E-state index is 13.0. The third kappa shape index (κ3) is 2.53.